The van der Waals surface area contributed by atoms with Crippen molar-refractivity contribution >= 4 is 17.3 Å². The summed E-state index contributed by atoms with van der Waals surface area (Å²) in [5.41, 5.74) is 0. The van der Waals surface area contributed by atoms with E-state index in [0.29, 0.717) is 0 Å². The van der Waals surface area contributed by atoms with Crippen molar-refractivity contribution in [2.75, 3.05) is 26.4 Å². The molecule has 0 radical (unpaired) electrons. The number of alkyl halides is 2. The second kappa shape index (κ2) is 6.84. The van der Waals surface area contributed by atoms with Crippen LogP contribution in [0.25, 0.3) is 0 Å². The quantitative estimate of drug-likeness (QED) is 0.402. The van der Waals surface area contributed by atoms with Gasteiger partial charge in [0.15, 0.2) is 5.11 Å². The van der Waals surface area contributed by atoms with E-state index in [1.165, 1.54) is 0 Å². The number of nitroso groups, excluding NO2 is 1. The Balaban J connectivity index is 3.77. The third kappa shape index (κ3) is 4.12. The summed E-state index contributed by atoms with van der Waals surface area (Å²) in [4.78, 5) is 9.99. The molecule has 0 rings (SSSR count). The first kappa shape index (κ1) is 11.2. The molecule has 4 nitrogen and oxygen atoms in total. The third-order valence-corrected chi connectivity index (χ3v) is 1.36. The second-order valence-corrected chi connectivity index (χ2v) is 2.20. The average molecular weight is 197 g/mol. The fraction of sp³-hybridized carbons (Fsp3) is 0.800. The van der Waals surface area contributed by atoms with Gasteiger partial charge in [0.05, 0.1) is 11.8 Å². The zero-order valence-corrected chi connectivity index (χ0v) is 7.11. The second-order valence-electron chi connectivity index (χ2n) is 1.81. The SMILES string of the molecule is O=NN(CCF)C(=S)NCCF. The molecular formula is C5H9F2N3OS. The highest BCUT2D eigenvalue weighted by Crippen LogP contribution is 1.90. The number of hydrogen-bond donors (Lipinski definition) is 1. The van der Waals surface area contributed by atoms with Crippen LogP contribution in [0.2, 0.25) is 0 Å². The molecule has 0 spiro atoms. The van der Waals surface area contributed by atoms with Gasteiger partial charge in [-0.2, -0.15) is 0 Å². The maximum absolute atomic E-state index is 11.7. The molecule has 0 saturated heterocycles. The van der Waals surface area contributed by atoms with Crippen LogP contribution in [0.3, 0.4) is 0 Å². The Bertz CT molecular complexity index is 158. The Kier molecular flexibility index (Phi) is 6.35. The van der Waals surface area contributed by atoms with Gasteiger partial charge in [-0.1, -0.05) is 0 Å². The van der Waals surface area contributed by atoms with Gasteiger partial charge in [0.25, 0.3) is 0 Å². The predicted octanol–water partition coefficient (Wildman–Crippen LogP) is 0.783. The van der Waals surface area contributed by atoms with Crippen molar-refractivity contribution in [1.82, 2.24) is 10.3 Å². The largest absolute Gasteiger partial charge is 0.358 e. The molecule has 0 fully saturated rings. The number of hydrogen-bond acceptors (Lipinski definition) is 3. The molecule has 7 heteroatoms. The topological polar surface area (TPSA) is 44.7 Å². The molecule has 0 aromatic rings. The maximum Gasteiger partial charge on any atom is 0.192 e. The number of rotatable bonds is 5. The van der Waals surface area contributed by atoms with E-state index >= 15 is 0 Å². The van der Waals surface area contributed by atoms with Gasteiger partial charge >= 0.3 is 0 Å². The highest BCUT2D eigenvalue weighted by Gasteiger charge is 2.07. The van der Waals surface area contributed by atoms with E-state index in [-0.39, 0.29) is 18.2 Å². The zero-order valence-electron chi connectivity index (χ0n) is 6.30. The Morgan fingerprint density at radius 1 is 1.50 bits per heavy atom. The summed E-state index contributed by atoms with van der Waals surface area (Å²) in [5, 5.41) is 5.51. The van der Waals surface area contributed by atoms with E-state index in [0.717, 1.165) is 5.01 Å². The lowest BCUT2D eigenvalue weighted by atomic mass is 10.6. The molecule has 0 aromatic carbocycles. The van der Waals surface area contributed by atoms with Crippen molar-refractivity contribution < 1.29 is 8.78 Å². The van der Waals surface area contributed by atoms with E-state index < -0.39 is 13.3 Å². The molecule has 0 amide bonds. The molecular weight excluding hydrogens is 188 g/mol. The molecule has 0 unspecified atom stereocenters. The number of thiocarbonyl (C=S) groups is 1. The predicted molar refractivity (Wildman–Crippen MR) is 45.1 cm³/mol. The van der Waals surface area contributed by atoms with Gasteiger partial charge in [-0.25, -0.2) is 13.8 Å². The van der Waals surface area contributed by atoms with E-state index in [9.17, 15) is 13.7 Å². The summed E-state index contributed by atoms with van der Waals surface area (Å²) in [7, 11) is 0. The zero-order chi connectivity index (χ0) is 9.40. The van der Waals surface area contributed by atoms with Crippen LogP contribution in [0.5, 0.6) is 0 Å². The third-order valence-electron chi connectivity index (χ3n) is 1.00. The van der Waals surface area contributed by atoms with Crippen molar-refractivity contribution in [2.45, 2.75) is 0 Å². The van der Waals surface area contributed by atoms with Crippen LogP contribution in [0.4, 0.5) is 8.78 Å². The Labute approximate surface area is 73.9 Å². The van der Waals surface area contributed by atoms with Gasteiger partial charge in [0, 0.05) is 6.54 Å². The summed E-state index contributed by atoms with van der Waals surface area (Å²) in [6, 6.07) is 0. The molecule has 12 heavy (non-hydrogen) atoms. The highest BCUT2D eigenvalue weighted by molar-refractivity contribution is 7.80. The first-order chi connectivity index (χ1) is 5.76. The van der Waals surface area contributed by atoms with Gasteiger partial charge < -0.3 is 5.32 Å². The summed E-state index contributed by atoms with van der Waals surface area (Å²) in [6.45, 7) is -1.55. The first-order valence-electron chi connectivity index (χ1n) is 3.26. The molecule has 0 atom stereocenters. The molecule has 1 N–H and O–H groups in total. The smallest absolute Gasteiger partial charge is 0.192 e. The number of nitrogens with zero attached hydrogens (tertiary/aromatic N) is 2. The first-order valence-corrected chi connectivity index (χ1v) is 3.67. The monoisotopic (exact) mass is 197 g/mol. The van der Waals surface area contributed by atoms with Crippen LogP contribution >= 0.6 is 12.2 Å². The van der Waals surface area contributed by atoms with Crippen LogP contribution in [0.15, 0.2) is 5.29 Å². The van der Waals surface area contributed by atoms with E-state index in [4.69, 9.17) is 0 Å². The van der Waals surface area contributed by atoms with Crippen molar-refractivity contribution in [2.24, 2.45) is 5.29 Å². The number of halogens is 2. The summed E-state index contributed by atoms with van der Waals surface area (Å²) in [5.74, 6) is 0. The summed E-state index contributed by atoms with van der Waals surface area (Å²) in [6.07, 6.45) is 0. The van der Waals surface area contributed by atoms with Crippen LogP contribution in [0.1, 0.15) is 0 Å². The van der Waals surface area contributed by atoms with Gasteiger partial charge in [-0.05, 0) is 12.2 Å². The fourth-order valence-electron chi connectivity index (χ4n) is 0.505. The standard InChI is InChI=1S/C5H9F2N3OS/c6-1-3-8-5(12)10(9-11)4-2-7/h1-4H2,(H,8,12). The van der Waals surface area contributed by atoms with Crippen LogP contribution in [-0.4, -0.2) is 36.6 Å². The van der Waals surface area contributed by atoms with Gasteiger partial charge in [-0.15, -0.1) is 4.91 Å². The molecule has 0 aliphatic rings. The van der Waals surface area contributed by atoms with E-state index in [1.54, 1.807) is 0 Å². The molecule has 0 saturated carbocycles. The Morgan fingerprint density at radius 3 is 2.58 bits per heavy atom. The molecule has 0 aliphatic carbocycles. The Hall–Kier alpha value is -0.850. The number of nitrogens with one attached hydrogen (secondary N) is 1. The van der Waals surface area contributed by atoms with Crippen molar-refractivity contribution in [3.8, 4) is 0 Å². The molecule has 0 heterocycles. The minimum Gasteiger partial charge on any atom is -0.358 e. The fourth-order valence-corrected chi connectivity index (χ4v) is 0.732. The maximum atomic E-state index is 11.7. The van der Waals surface area contributed by atoms with Gasteiger partial charge in [-0.3, -0.25) is 0 Å². The van der Waals surface area contributed by atoms with Crippen molar-refractivity contribution in [3.63, 3.8) is 0 Å². The van der Waals surface area contributed by atoms with Crippen LogP contribution in [0, 0.1) is 4.91 Å². The van der Waals surface area contributed by atoms with Crippen LogP contribution in [-0.2, 0) is 0 Å². The summed E-state index contributed by atoms with van der Waals surface area (Å²) < 4.78 is 23.3. The van der Waals surface area contributed by atoms with Crippen molar-refractivity contribution in [1.29, 1.82) is 0 Å². The van der Waals surface area contributed by atoms with Crippen molar-refractivity contribution in [3.05, 3.63) is 4.91 Å². The molecule has 0 bridgehead atoms. The average Bonchev–Trinajstić information content (AvgIpc) is 2.10. The van der Waals surface area contributed by atoms with Crippen LogP contribution < -0.4 is 5.32 Å². The summed E-state index contributed by atoms with van der Waals surface area (Å²) >= 11 is 4.59. The van der Waals surface area contributed by atoms with Gasteiger partial charge in [0.2, 0.25) is 0 Å². The van der Waals surface area contributed by atoms with E-state index in [2.05, 4.69) is 22.8 Å². The molecule has 70 valence electrons. The van der Waals surface area contributed by atoms with Gasteiger partial charge in [0.1, 0.15) is 13.3 Å². The molecule has 0 aliphatic heterocycles. The molecule has 0 aromatic heterocycles. The normalized spacial score (nSPS) is 9.17. The highest BCUT2D eigenvalue weighted by atomic mass is 32.1. The Morgan fingerprint density at radius 2 is 2.17 bits per heavy atom. The van der Waals surface area contributed by atoms with E-state index in [1.807, 2.05) is 0 Å². The lowest BCUT2D eigenvalue weighted by Crippen LogP contribution is -2.38. The minimum atomic E-state index is -0.733. The minimum absolute atomic E-state index is 0.00284. The lowest BCUT2D eigenvalue weighted by Gasteiger charge is -2.14. The lowest BCUT2D eigenvalue weighted by molar-refractivity contribution is 0.358.